The molecule has 0 unspecified atom stereocenters. The molecule has 1 fully saturated rings. The van der Waals surface area contributed by atoms with Gasteiger partial charge in [0.2, 0.25) is 0 Å². The molecule has 15 heavy (non-hydrogen) atoms. The van der Waals surface area contributed by atoms with E-state index in [2.05, 4.69) is 22.4 Å². The molecule has 2 nitrogen and oxygen atoms in total. The number of nitrogens with zero attached hydrogens (tertiary/aromatic N) is 1. The van der Waals surface area contributed by atoms with Crippen LogP contribution in [0.5, 0.6) is 0 Å². The molecule has 1 aromatic rings. The lowest BCUT2D eigenvalue weighted by Gasteiger charge is -2.34. The first-order valence-electron chi connectivity index (χ1n) is 5.31. The summed E-state index contributed by atoms with van der Waals surface area (Å²) in [4.78, 5) is 4.20. The number of hydrogen-bond acceptors (Lipinski definition) is 2. The van der Waals surface area contributed by atoms with Crippen molar-refractivity contribution in [2.24, 2.45) is 5.92 Å². The summed E-state index contributed by atoms with van der Waals surface area (Å²) in [5, 5.41) is 4.07. The summed E-state index contributed by atoms with van der Waals surface area (Å²) in [7, 11) is 0. The van der Waals surface area contributed by atoms with Crippen molar-refractivity contribution >= 4 is 17.2 Å². The standard InChI is InChI=1S/C12H13ClN2/c1-7-4-9(6-15-12(7)13)10-3-2-8-5-14-11(8)10/h3-4,6,8,11,14H,2,5H2,1H3/t8-,11+/m1/s1. The van der Waals surface area contributed by atoms with Crippen molar-refractivity contribution in [2.75, 3.05) is 6.54 Å². The third-order valence-electron chi connectivity index (χ3n) is 3.39. The zero-order valence-electron chi connectivity index (χ0n) is 8.63. The van der Waals surface area contributed by atoms with Gasteiger partial charge in [0.05, 0.1) is 0 Å². The van der Waals surface area contributed by atoms with E-state index in [0.717, 1.165) is 18.0 Å². The van der Waals surface area contributed by atoms with E-state index >= 15 is 0 Å². The highest BCUT2D eigenvalue weighted by Crippen LogP contribution is 2.37. The molecule has 1 aliphatic carbocycles. The zero-order valence-corrected chi connectivity index (χ0v) is 9.38. The highest BCUT2D eigenvalue weighted by atomic mass is 35.5. The topological polar surface area (TPSA) is 24.9 Å². The van der Waals surface area contributed by atoms with Crippen LogP contribution in [0.2, 0.25) is 5.15 Å². The number of hydrogen-bond donors (Lipinski definition) is 1. The number of rotatable bonds is 1. The molecule has 2 aliphatic rings. The molecule has 1 aliphatic heterocycles. The van der Waals surface area contributed by atoms with Crippen molar-refractivity contribution in [1.29, 1.82) is 0 Å². The summed E-state index contributed by atoms with van der Waals surface area (Å²) in [6.07, 6.45) is 5.41. The maximum Gasteiger partial charge on any atom is 0.131 e. The molecule has 2 atom stereocenters. The highest BCUT2D eigenvalue weighted by molar-refractivity contribution is 6.30. The quantitative estimate of drug-likeness (QED) is 0.736. The van der Waals surface area contributed by atoms with Crippen molar-refractivity contribution < 1.29 is 0 Å². The van der Waals surface area contributed by atoms with Crippen molar-refractivity contribution in [2.45, 2.75) is 19.4 Å². The molecule has 78 valence electrons. The van der Waals surface area contributed by atoms with E-state index in [4.69, 9.17) is 11.6 Å². The van der Waals surface area contributed by atoms with Crippen LogP contribution in [0.3, 0.4) is 0 Å². The molecule has 2 heterocycles. The van der Waals surface area contributed by atoms with Crippen LogP contribution < -0.4 is 5.32 Å². The molecule has 0 amide bonds. The molecule has 1 aromatic heterocycles. The first-order chi connectivity index (χ1) is 7.25. The van der Waals surface area contributed by atoms with E-state index in [1.807, 2.05) is 13.1 Å². The lowest BCUT2D eigenvalue weighted by atomic mass is 9.89. The fourth-order valence-electron chi connectivity index (χ4n) is 2.40. The third-order valence-corrected chi connectivity index (χ3v) is 3.79. The van der Waals surface area contributed by atoms with Gasteiger partial charge in [-0.05, 0) is 42.0 Å². The third kappa shape index (κ3) is 1.40. The second kappa shape index (κ2) is 3.32. The fourth-order valence-corrected chi connectivity index (χ4v) is 2.51. The minimum Gasteiger partial charge on any atom is -0.309 e. The van der Waals surface area contributed by atoms with Crippen LogP contribution in [0.1, 0.15) is 17.5 Å². The van der Waals surface area contributed by atoms with Gasteiger partial charge in [0.25, 0.3) is 0 Å². The number of aromatic nitrogens is 1. The zero-order chi connectivity index (χ0) is 10.4. The van der Waals surface area contributed by atoms with Crippen LogP contribution in [0.15, 0.2) is 18.3 Å². The molecular formula is C12H13ClN2. The highest BCUT2D eigenvalue weighted by Gasteiger charge is 2.37. The van der Waals surface area contributed by atoms with E-state index in [1.54, 1.807) is 0 Å². The van der Waals surface area contributed by atoms with Crippen LogP contribution in [0.4, 0.5) is 0 Å². The SMILES string of the molecule is Cc1cc(C2=CC[C@@H]3CN[C@H]23)cnc1Cl. The maximum atomic E-state index is 5.92. The van der Waals surface area contributed by atoms with Gasteiger partial charge in [-0.2, -0.15) is 0 Å². The molecule has 0 saturated carbocycles. The molecule has 3 rings (SSSR count). The van der Waals surface area contributed by atoms with Crippen LogP contribution >= 0.6 is 11.6 Å². The number of nitrogens with one attached hydrogen (secondary N) is 1. The van der Waals surface area contributed by atoms with Crippen molar-refractivity contribution in [3.63, 3.8) is 0 Å². The predicted octanol–water partition coefficient (Wildman–Crippen LogP) is 2.42. The normalized spacial score (nSPS) is 28.3. The Morgan fingerprint density at radius 1 is 1.53 bits per heavy atom. The molecule has 1 saturated heterocycles. The van der Waals surface area contributed by atoms with E-state index < -0.39 is 0 Å². The largest absolute Gasteiger partial charge is 0.309 e. The van der Waals surface area contributed by atoms with Gasteiger partial charge < -0.3 is 5.32 Å². The summed E-state index contributed by atoms with van der Waals surface area (Å²) in [6, 6.07) is 2.69. The van der Waals surface area contributed by atoms with Gasteiger partial charge in [0.1, 0.15) is 5.15 Å². The number of halogens is 1. The molecule has 0 radical (unpaired) electrons. The fraction of sp³-hybridized carbons (Fsp3) is 0.417. The Balaban J connectivity index is 1.96. The first kappa shape index (κ1) is 9.37. The summed E-state index contributed by atoms with van der Waals surface area (Å²) in [6.45, 7) is 3.16. The Kier molecular flexibility index (Phi) is 2.08. The van der Waals surface area contributed by atoms with Crippen molar-refractivity contribution in [3.05, 3.63) is 34.6 Å². The Labute approximate surface area is 94.4 Å². The number of aryl methyl sites for hydroxylation is 1. The lowest BCUT2D eigenvalue weighted by molar-refractivity contribution is 0.307. The van der Waals surface area contributed by atoms with Crippen LogP contribution in [-0.2, 0) is 0 Å². The molecule has 0 spiro atoms. The Morgan fingerprint density at radius 3 is 3.00 bits per heavy atom. The Morgan fingerprint density at radius 2 is 2.40 bits per heavy atom. The average Bonchev–Trinajstić information content (AvgIpc) is 2.46. The van der Waals surface area contributed by atoms with Gasteiger partial charge >= 0.3 is 0 Å². The molecule has 1 N–H and O–H groups in total. The number of pyridine rings is 1. The van der Waals surface area contributed by atoms with Crippen LogP contribution in [0.25, 0.3) is 5.57 Å². The van der Waals surface area contributed by atoms with Gasteiger partial charge in [-0.15, -0.1) is 0 Å². The number of fused-ring (bicyclic) bond motifs is 1. The minimum absolute atomic E-state index is 0.562. The van der Waals surface area contributed by atoms with Gasteiger partial charge in [-0.1, -0.05) is 17.7 Å². The van der Waals surface area contributed by atoms with Crippen molar-refractivity contribution in [1.82, 2.24) is 10.3 Å². The van der Waals surface area contributed by atoms with E-state index in [1.165, 1.54) is 17.6 Å². The summed E-state index contributed by atoms with van der Waals surface area (Å²) < 4.78 is 0. The second-order valence-corrected chi connectivity index (χ2v) is 4.73. The molecule has 3 heteroatoms. The monoisotopic (exact) mass is 220 g/mol. The van der Waals surface area contributed by atoms with Crippen molar-refractivity contribution in [3.8, 4) is 0 Å². The smallest absolute Gasteiger partial charge is 0.131 e. The van der Waals surface area contributed by atoms with Gasteiger partial charge in [-0.25, -0.2) is 4.98 Å². The summed E-state index contributed by atoms with van der Waals surface area (Å²) in [5.41, 5.74) is 3.67. The summed E-state index contributed by atoms with van der Waals surface area (Å²) >= 11 is 5.92. The van der Waals surface area contributed by atoms with Crippen LogP contribution in [0, 0.1) is 12.8 Å². The van der Waals surface area contributed by atoms with E-state index in [0.29, 0.717) is 11.2 Å². The van der Waals surface area contributed by atoms with E-state index in [-0.39, 0.29) is 0 Å². The minimum atomic E-state index is 0.562. The number of allylic oxidation sites excluding steroid dienone is 1. The Hall–Kier alpha value is -0.860. The van der Waals surface area contributed by atoms with Gasteiger partial charge in [0.15, 0.2) is 0 Å². The van der Waals surface area contributed by atoms with Gasteiger partial charge in [0, 0.05) is 18.8 Å². The maximum absolute atomic E-state index is 5.92. The average molecular weight is 221 g/mol. The van der Waals surface area contributed by atoms with E-state index in [9.17, 15) is 0 Å². The lowest BCUT2D eigenvalue weighted by Crippen LogP contribution is -2.50. The first-order valence-corrected chi connectivity index (χ1v) is 5.69. The molecule has 0 bridgehead atoms. The second-order valence-electron chi connectivity index (χ2n) is 4.37. The molecule has 0 aromatic carbocycles. The molecular weight excluding hydrogens is 208 g/mol. The van der Waals surface area contributed by atoms with Gasteiger partial charge in [-0.3, -0.25) is 0 Å². The van der Waals surface area contributed by atoms with Crippen LogP contribution in [-0.4, -0.2) is 17.6 Å². The predicted molar refractivity (Wildman–Crippen MR) is 61.9 cm³/mol. The Bertz CT molecular complexity index is 439. The summed E-state index contributed by atoms with van der Waals surface area (Å²) in [5.74, 6) is 0.816.